The van der Waals surface area contributed by atoms with E-state index in [2.05, 4.69) is 0 Å². The van der Waals surface area contributed by atoms with Gasteiger partial charge in [-0.3, -0.25) is 4.79 Å². The topological polar surface area (TPSA) is 69.1 Å². The molecule has 0 aliphatic heterocycles. The van der Waals surface area contributed by atoms with Crippen molar-refractivity contribution in [2.24, 2.45) is 16.9 Å². The van der Waals surface area contributed by atoms with Crippen molar-refractivity contribution in [2.75, 3.05) is 0 Å². The quantitative estimate of drug-likeness (QED) is 0.666. The van der Waals surface area contributed by atoms with E-state index in [1.807, 2.05) is 0 Å². The van der Waals surface area contributed by atoms with Crippen LogP contribution in [-0.4, -0.2) is 11.4 Å². The number of rotatable bonds is 2. The van der Waals surface area contributed by atoms with E-state index in [9.17, 15) is 4.79 Å². The van der Waals surface area contributed by atoms with Gasteiger partial charge in [0.05, 0.1) is 0 Å². The van der Waals surface area contributed by atoms with Crippen molar-refractivity contribution in [3.05, 3.63) is 0 Å². The first-order chi connectivity index (χ1) is 6.08. The molecule has 0 saturated heterocycles. The maximum Gasteiger partial charge on any atom is 0.219 e. The molecule has 1 spiro atoms. The molecule has 0 aromatic carbocycles. The molecule has 0 heterocycles. The molecule has 2 aliphatic carbocycles. The van der Waals surface area contributed by atoms with Crippen LogP contribution >= 0.6 is 0 Å². The molecule has 2 rings (SSSR count). The molecule has 1 atom stereocenters. The lowest BCUT2D eigenvalue weighted by Gasteiger charge is -2.50. The van der Waals surface area contributed by atoms with Crippen LogP contribution in [0.25, 0.3) is 0 Å². The summed E-state index contributed by atoms with van der Waals surface area (Å²) in [4.78, 5) is 10.9. The molecule has 2 saturated carbocycles. The van der Waals surface area contributed by atoms with E-state index in [4.69, 9.17) is 11.5 Å². The van der Waals surface area contributed by atoms with Crippen molar-refractivity contribution in [2.45, 2.75) is 50.5 Å². The zero-order chi connectivity index (χ0) is 9.53. The van der Waals surface area contributed by atoms with Gasteiger partial charge in [0, 0.05) is 12.0 Å². The van der Waals surface area contributed by atoms with Crippen molar-refractivity contribution >= 4 is 5.91 Å². The van der Waals surface area contributed by atoms with Crippen molar-refractivity contribution in [1.29, 1.82) is 0 Å². The average Bonchev–Trinajstić information content (AvgIpc) is 2.23. The molecule has 4 N–H and O–H groups in total. The number of hydrogen-bond donors (Lipinski definition) is 2. The normalized spacial score (nSPS) is 36.1. The van der Waals surface area contributed by atoms with E-state index in [-0.39, 0.29) is 16.9 Å². The summed E-state index contributed by atoms with van der Waals surface area (Å²) in [6.45, 7) is 0. The molecule has 74 valence electrons. The maximum atomic E-state index is 10.9. The summed E-state index contributed by atoms with van der Waals surface area (Å²) in [5, 5.41) is 0. The summed E-state index contributed by atoms with van der Waals surface area (Å²) in [5.41, 5.74) is 11.6. The molecule has 13 heavy (non-hydrogen) atoms. The minimum absolute atomic E-state index is 0.240. The van der Waals surface area contributed by atoms with Gasteiger partial charge >= 0.3 is 0 Å². The van der Waals surface area contributed by atoms with Crippen LogP contribution in [0.4, 0.5) is 0 Å². The smallest absolute Gasteiger partial charge is 0.219 e. The predicted octanol–water partition coefficient (Wildman–Crippen LogP) is 0.913. The highest BCUT2D eigenvalue weighted by Gasteiger charge is 2.55. The summed E-state index contributed by atoms with van der Waals surface area (Å²) in [6.07, 6.45) is 7.43. The number of hydrogen-bond acceptors (Lipinski definition) is 2. The highest BCUT2D eigenvalue weighted by atomic mass is 16.1. The molecule has 3 nitrogen and oxygen atoms in total. The largest absolute Gasteiger partial charge is 0.370 e. The van der Waals surface area contributed by atoms with Gasteiger partial charge in [-0.25, -0.2) is 0 Å². The monoisotopic (exact) mass is 182 g/mol. The molecule has 0 radical (unpaired) electrons. The Bertz CT molecular complexity index is 235. The SMILES string of the molecule is NC(=O)CC1(N)CCCC12CCC2. The second kappa shape index (κ2) is 2.71. The summed E-state index contributed by atoms with van der Waals surface area (Å²) in [6, 6.07) is 0. The first kappa shape index (κ1) is 9.00. The molecule has 3 heteroatoms. The summed E-state index contributed by atoms with van der Waals surface area (Å²) >= 11 is 0. The molecular formula is C10H18N2O. The average molecular weight is 182 g/mol. The van der Waals surface area contributed by atoms with E-state index in [0.717, 1.165) is 6.42 Å². The van der Waals surface area contributed by atoms with Crippen LogP contribution in [0.3, 0.4) is 0 Å². The predicted molar refractivity (Wildman–Crippen MR) is 50.9 cm³/mol. The lowest BCUT2D eigenvalue weighted by Crippen LogP contribution is -2.56. The molecule has 0 bridgehead atoms. The summed E-state index contributed by atoms with van der Waals surface area (Å²) in [7, 11) is 0. The molecule has 0 aromatic rings. The number of carbonyl (C=O) groups is 1. The van der Waals surface area contributed by atoms with Crippen LogP contribution in [0.15, 0.2) is 0 Å². The van der Waals surface area contributed by atoms with E-state index in [1.54, 1.807) is 0 Å². The van der Waals surface area contributed by atoms with Gasteiger partial charge in [0.25, 0.3) is 0 Å². The third-order valence-corrected chi connectivity index (χ3v) is 4.13. The maximum absolute atomic E-state index is 10.9. The minimum atomic E-state index is -0.267. The van der Waals surface area contributed by atoms with Gasteiger partial charge in [0.1, 0.15) is 0 Å². The van der Waals surface area contributed by atoms with E-state index >= 15 is 0 Å². The lowest BCUT2D eigenvalue weighted by molar-refractivity contribution is -0.121. The Morgan fingerprint density at radius 1 is 1.15 bits per heavy atom. The lowest BCUT2D eigenvalue weighted by atomic mass is 9.58. The zero-order valence-corrected chi connectivity index (χ0v) is 8.01. The number of primary amides is 1. The van der Waals surface area contributed by atoms with E-state index < -0.39 is 0 Å². The van der Waals surface area contributed by atoms with E-state index in [1.165, 1.54) is 32.1 Å². The fraction of sp³-hybridized carbons (Fsp3) is 0.900. The molecule has 2 fully saturated rings. The number of carbonyl (C=O) groups excluding carboxylic acids is 1. The van der Waals surface area contributed by atoms with Gasteiger partial charge in [-0.05, 0) is 31.1 Å². The Morgan fingerprint density at radius 3 is 2.15 bits per heavy atom. The van der Waals surface area contributed by atoms with E-state index in [0.29, 0.717) is 6.42 Å². The Labute approximate surface area is 78.9 Å². The third-order valence-electron chi connectivity index (χ3n) is 4.13. The van der Waals surface area contributed by atoms with Crippen LogP contribution in [0.2, 0.25) is 0 Å². The number of amides is 1. The Kier molecular flexibility index (Phi) is 1.88. The fourth-order valence-electron chi connectivity index (χ4n) is 3.19. The Balaban J connectivity index is 2.15. The first-order valence-corrected chi connectivity index (χ1v) is 5.15. The first-order valence-electron chi connectivity index (χ1n) is 5.15. The van der Waals surface area contributed by atoms with Gasteiger partial charge in [0.15, 0.2) is 0 Å². The van der Waals surface area contributed by atoms with Gasteiger partial charge < -0.3 is 11.5 Å². The molecule has 1 unspecified atom stereocenters. The molecule has 2 aliphatic rings. The minimum Gasteiger partial charge on any atom is -0.370 e. The Morgan fingerprint density at radius 2 is 1.69 bits per heavy atom. The highest BCUT2D eigenvalue weighted by Crippen LogP contribution is 2.58. The van der Waals surface area contributed by atoms with Gasteiger partial charge in [-0.15, -0.1) is 0 Å². The number of nitrogens with two attached hydrogens (primary N) is 2. The standard InChI is InChI=1S/C10H18N2O/c11-8(13)7-10(12)6-2-5-9(10)3-1-4-9/h1-7,12H2,(H2,11,13). The van der Waals surface area contributed by atoms with Crippen LogP contribution in [0, 0.1) is 5.41 Å². The van der Waals surface area contributed by atoms with Crippen LogP contribution in [0.5, 0.6) is 0 Å². The second-order valence-corrected chi connectivity index (χ2v) is 4.79. The summed E-state index contributed by atoms with van der Waals surface area (Å²) < 4.78 is 0. The third kappa shape index (κ3) is 1.17. The van der Waals surface area contributed by atoms with Crippen molar-refractivity contribution in [1.82, 2.24) is 0 Å². The van der Waals surface area contributed by atoms with Crippen LogP contribution in [-0.2, 0) is 4.79 Å². The molecule has 1 amide bonds. The van der Waals surface area contributed by atoms with Gasteiger partial charge in [-0.1, -0.05) is 12.8 Å². The zero-order valence-electron chi connectivity index (χ0n) is 8.01. The highest BCUT2D eigenvalue weighted by molar-refractivity contribution is 5.75. The van der Waals surface area contributed by atoms with Gasteiger partial charge in [-0.2, -0.15) is 0 Å². The molecule has 0 aromatic heterocycles. The fourth-order valence-corrected chi connectivity index (χ4v) is 3.19. The Hall–Kier alpha value is -0.570. The van der Waals surface area contributed by atoms with Crippen LogP contribution in [0.1, 0.15) is 44.9 Å². The van der Waals surface area contributed by atoms with Gasteiger partial charge in [0.2, 0.25) is 5.91 Å². The van der Waals surface area contributed by atoms with Crippen molar-refractivity contribution < 1.29 is 4.79 Å². The van der Waals surface area contributed by atoms with Crippen molar-refractivity contribution in [3.8, 4) is 0 Å². The second-order valence-electron chi connectivity index (χ2n) is 4.79. The van der Waals surface area contributed by atoms with Crippen LogP contribution < -0.4 is 11.5 Å². The molecular weight excluding hydrogens is 164 g/mol. The summed E-state index contributed by atoms with van der Waals surface area (Å²) in [5.74, 6) is -0.240. The van der Waals surface area contributed by atoms with Crippen molar-refractivity contribution in [3.63, 3.8) is 0 Å².